The molecular weight excluding hydrogens is 408 g/mol. The maximum atomic E-state index is 6.26. The van der Waals surface area contributed by atoms with Gasteiger partial charge in [0.05, 0.1) is 5.39 Å². The van der Waals surface area contributed by atoms with E-state index in [4.69, 9.17) is 5.73 Å². The van der Waals surface area contributed by atoms with E-state index in [1.54, 1.807) is 6.33 Å². The Morgan fingerprint density at radius 3 is 2.73 bits per heavy atom. The lowest BCUT2D eigenvalue weighted by molar-refractivity contribution is 0.451. The average molecular weight is 449 g/mol. The molecule has 3 unspecified atom stereocenters. The number of benzene rings is 1. The third kappa shape index (κ3) is 5.92. The van der Waals surface area contributed by atoms with Crippen LogP contribution in [0, 0.1) is 5.92 Å². The summed E-state index contributed by atoms with van der Waals surface area (Å²) in [5.74, 6) is 1.80. The van der Waals surface area contributed by atoms with Gasteiger partial charge in [-0.3, -0.25) is 0 Å². The van der Waals surface area contributed by atoms with Crippen molar-refractivity contribution in [1.29, 1.82) is 0 Å². The van der Waals surface area contributed by atoms with Crippen LogP contribution < -0.4 is 16.4 Å². The summed E-state index contributed by atoms with van der Waals surface area (Å²) < 4.78 is 2.39. The number of nitrogen functional groups attached to an aromatic ring is 1. The zero-order chi connectivity index (χ0) is 23.0. The summed E-state index contributed by atoms with van der Waals surface area (Å²) in [5, 5.41) is 8.32. The molecule has 4 N–H and O–H groups in total. The number of hydrogen-bond acceptors (Lipinski definition) is 5. The van der Waals surface area contributed by atoms with Crippen molar-refractivity contribution in [2.24, 2.45) is 5.92 Å². The van der Waals surface area contributed by atoms with Crippen molar-refractivity contribution in [2.75, 3.05) is 31.9 Å². The highest BCUT2D eigenvalue weighted by Gasteiger charge is 2.28. The third-order valence-electron chi connectivity index (χ3n) is 7.29. The fraction of sp³-hybridized carbons (Fsp3) is 0.556. The van der Waals surface area contributed by atoms with Gasteiger partial charge in [0.25, 0.3) is 0 Å². The van der Waals surface area contributed by atoms with E-state index in [1.807, 2.05) is 0 Å². The van der Waals surface area contributed by atoms with Crippen LogP contribution in [-0.4, -0.2) is 40.7 Å². The van der Waals surface area contributed by atoms with Crippen molar-refractivity contribution in [3.05, 3.63) is 54.0 Å². The number of fused-ring (bicyclic) bond motifs is 1. The highest BCUT2D eigenvalue weighted by Crippen LogP contribution is 2.39. The normalized spacial score (nSPS) is 19.3. The van der Waals surface area contributed by atoms with Crippen LogP contribution in [0.2, 0.25) is 0 Å². The number of rotatable bonds is 12. The minimum atomic E-state index is 0.460. The lowest BCUT2D eigenvalue weighted by Crippen LogP contribution is -2.26. The molecule has 0 bridgehead atoms. The van der Waals surface area contributed by atoms with Gasteiger partial charge in [0, 0.05) is 12.2 Å². The van der Waals surface area contributed by atoms with E-state index in [1.165, 1.54) is 36.8 Å². The molecule has 4 rings (SSSR count). The van der Waals surface area contributed by atoms with E-state index < -0.39 is 0 Å². The lowest BCUT2D eigenvalue weighted by atomic mass is 9.99. The van der Waals surface area contributed by atoms with Crippen molar-refractivity contribution in [2.45, 2.75) is 64.3 Å². The van der Waals surface area contributed by atoms with Crippen molar-refractivity contribution in [3.8, 4) is 0 Å². The Balaban J connectivity index is 1.20. The molecule has 6 heteroatoms. The zero-order valence-corrected chi connectivity index (χ0v) is 20.3. The van der Waals surface area contributed by atoms with Crippen LogP contribution in [0.1, 0.15) is 69.0 Å². The molecule has 3 aromatic rings. The van der Waals surface area contributed by atoms with Gasteiger partial charge in [-0.15, -0.1) is 0 Å². The van der Waals surface area contributed by atoms with E-state index in [2.05, 4.69) is 75.5 Å². The van der Waals surface area contributed by atoms with Gasteiger partial charge >= 0.3 is 0 Å². The first kappa shape index (κ1) is 23.7. The molecule has 3 atom stereocenters. The van der Waals surface area contributed by atoms with E-state index in [0.717, 1.165) is 56.0 Å². The Hall–Kier alpha value is -2.44. The average Bonchev–Trinajstić information content (AvgIpc) is 3.46. The third-order valence-corrected chi connectivity index (χ3v) is 7.29. The highest BCUT2D eigenvalue weighted by atomic mass is 15.1. The van der Waals surface area contributed by atoms with Gasteiger partial charge in [0.1, 0.15) is 17.8 Å². The molecule has 0 amide bonds. The fourth-order valence-electron chi connectivity index (χ4n) is 5.14. The summed E-state index contributed by atoms with van der Waals surface area (Å²) >= 11 is 0. The number of nitrogens with one attached hydrogen (secondary N) is 2. The molecule has 1 aliphatic carbocycles. The molecule has 1 aromatic carbocycles. The van der Waals surface area contributed by atoms with E-state index in [-0.39, 0.29) is 0 Å². The molecule has 33 heavy (non-hydrogen) atoms. The first-order chi connectivity index (χ1) is 16.2. The maximum absolute atomic E-state index is 6.26. The van der Waals surface area contributed by atoms with Gasteiger partial charge in [0.2, 0.25) is 0 Å². The van der Waals surface area contributed by atoms with E-state index in [9.17, 15) is 0 Å². The second kappa shape index (κ2) is 11.6. The van der Waals surface area contributed by atoms with E-state index >= 15 is 0 Å². The van der Waals surface area contributed by atoms with Gasteiger partial charge in [-0.1, -0.05) is 44.2 Å². The Labute approximate surface area is 198 Å². The monoisotopic (exact) mass is 448 g/mol. The molecule has 2 heterocycles. The molecule has 0 aliphatic heterocycles. The quantitative estimate of drug-likeness (QED) is 0.351. The molecule has 1 saturated carbocycles. The number of anilines is 1. The maximum Gasteiger partial charge on any atom is 0.146 e. The SMILES string of the molecule is CCC(C)c1cn(C2CCC(CNCCCNCCc3ccccc3)C2)c2ncnc(N)c12. The Morgan fingerprint density at radius 2 is 1.91 bits per heavy atom. The summed E-state index contributed by atoms with van der Waals surface area (Å²) in [5.41, 5.74) is 9.98. The van der Waals surface area contributed by atoms with Gasteiger partial charge in [-0.05, 0) is 87.7 Å². The summed E-state index contributed by atoms with van der Waals surface area (Å²) in [7, 11) is 0. The van der Waals surface area contributed by atoms with Crippen LogP contribution in [0.3, 0.4) is 0 Å². The summed E-state index contributed by atoms with van der Waals surface area (Å²) in [6.45, 7) is 8.80. The van der Waals surface area contributed by atoms with Crippen LogP contribution in [0.25, 0.3) is 11.0 Å². The summed E-state index contributed by atoms with van der Waals surface area (Å²) in [4.78, 5) is 8.90. The van der Waals surface area contributed by atoms with Crippen molar-refractivity contribution >= 4 is 16.9 Å². The van der Waals surface area contributed by atoms with Crippen LogP contribution in [0.4, 0.5) is 5.82 Å². The number of hydrogen-bond donors (Lipinski definition) is 3. The Bertz CT molecular complexity index is 999. The van der Waals surface area contributed by atoms with Crippen molar-refractivity contribution in [1.82, 2.24) is 25.2 Å². The zero-order valence-electron chi connectivity index (χ0n) is 20.3. The molecule has 0 saturated heterocycles. The van der Waals surface area contributed by atoms with Crippen molar-refractivity contribution in [3.63, 3.8) is 0 Å². The second-order valence-electron chi connectivity index (χ2n) is 9.63. The van der Waals surface area contributed by atoms with Crippen LogP contribution in [0.5, 0.6) is 0 Å². The van der Waals surface area contributed by atoms with Gasteiger partial charge < -0.3 is 20.9 Å². The van der Waals surface area contributed by atoms with Crippen LogP contribution >= 0.6 is 0 Å². The first-order valence-electron chi connectivity index (χ1n) is 12.7. The van der Waals surface area contributed by atoms with Gasteiger partial charge in [-0.2, -0.15) is 0 Å². The summed E-state index contributed by atoms with van der Waals surface area (Å²) in [6.07, 6.45) is 11.0. The van der Waals surface area contributed by atoms with Crippen LogP contribution in [-0.2, 0) is 6.42 Å². The molecule has 178 valence electrons. The molecule has 2 aromatic heterocycles. The second-order valence-corrected chi connectivity index (χ2v) is 9.63. The number of nitrogens with two attached hydrogens (primary N) is 1. The van der Waals surface area contributed by atoms with E-state index in [0.29, 0.717) is 17.8 Å². The minimum Gasteiger partial charge on any atom is -0.383 e. The molecule has 0 spiro atoms. The predicted octanol–water partition coefficient (Wildman–Crippen LogP) is 4.68. The Morgan fingerprint density at radius 1 is 1.09 bits per heavy atom. The van der Waals surface area contributed by atoms with Gasteiger partial charge in [0.15, 0.2) is 0 Å². The lowest BCUT2D eigenvalue weighted by Gasteiger charge is -2.15. The smallest absolute Gasteiger partial charge is 0.146 e. The number of aromatic nitrogens is 3. The predicted molar refractivity (Wildman–Crippen MR) is 138 cm³/mol. The standard InChI is InChI=1S/C27H40N6/c1-3-20(2)24-18-33(27-25(24)26(28)31-19-32-27)23-11-10-22(16-23)17-30-14-7-13-29-15-12-21-8-5-4-6-9-21/h4-6,8-9,18-20,22-23,29-30H,3,7,10-17H2,1-2H3,(H2,28,31,32). The minimum absolute atomic E-state index is 0.460. The molecule has 1 aliphatic rings. The molecule has 0 radical (unpaired) electrons. The Kier molecular flexibility index (Phi) is 8.35. The van der Waals surface area contributed by atoms with Crippen molar-refractivity contribution < 1.29 is 0 Å². The molecule has 6 nitrogen and oxygen atoms in total. The largest absolute Gasteiger partial charge is 0.383 e. The molecular formula is C27H40N6. The van der Waals surface area contributed by atoms with Gasteiger partial charge in [-0.25, -0.2) is 9.97 Å². The number of nitrogens with zero attached hydrogens (tertiary/aromatic N) is 3. The highest BCUT2D eigenvalue weighted by molar-refractivity contribution is 5.90. The topological polar surface area (TPSA) is 80.8 Å². The fourth-order valence-corrected chi connectivity index (χ4v) is 5.14. The van der Waals surface area contributed by atoms with Crippen LogP contribution in [0.15, 0.2) is 42.9 Å². The first-order valence-corrected chi connectivity index (χ1v) is 12.7. The molecule has 1 fully saturated rings. The summed E-state index contributed by atoms with van der Waals surface area (Å²) in [6, 6.07) is 11.2.